The number of anilines is 24. The van der Waals surface area contributed by atoms with Crippen LogP contribution in [0.25, 0.3) is 29.1 Å². The number of nitrogen functional groups attached to an aromatic ring is 5. The lowest BCUT2D eigenvalue weighted by Crippen LogP contribution is -2.36. The Kier molecular flexibility index (Phi) is 30.1. The molecule has 0 radical (unpaired) electrons. The molecular formula is C96H95F2N39O3. The molecule has 20 rings (SSSR count). The van der Waals surface area contributed by atoms with Crippen molar-refractivity contribution in [3.05, 3.63) is 326 Å². The van der Waals surface area contributed by atoms with Crippen molar-refractivity contribution in [3.63, 3.8) is 0 Å². The van der Waals surface area contributed by atoms with Crippen LogP contribution in [0.2, 0.25) is 0 Å². The van der Waals surface area contributed by atoms with Gasteiger partial charge in [0.1, 0.15) is 71.7 Å². The van der Waals surface area contributed by atoms with E-state index in [4.69, 9.17) is 38.1 Å². The molecule has 1 saturated heterocycles. The third-order valence-corrected chi connectivity index (χ3v) is 20.4. The van der Waals surface area contributed by atoms with E-state index in [9.17, 15) is 13.9 Å². The molecule has 706 valence electrons. The number of aromatic nitrogens is 24. The van der Waals surface area contributed by atoms with Crippen molar-refractivity contribution in [2.75, 3.05) is 115 Å². The Bertz CT molecular complexity index is 6900. The number of para-hydroxylation sites is 4. The minimum Gasteiger partial charge on any atom is -0.506 e. The van der Waals surface area contributed by atoms with E-state index >= 15 is 0 Å². The number of aromatic hydroxyl groups is 1. The molecule has 1 fully saturated rings. The van der Waals surface area contributed by atoms with Gasteiger partial charge >= 0.3 is 0 Å². The Morgan fingerprint density at radius 1 is 0.357 bits per heavy atom. The first-order valence-electron chi connectivity index (χ1n) is 43.6. The SMILES string of the molecule is CCCc1ccc(Nc2nc(N)n(-c3cc(Nc4ccccc4)ncn3)n2)cc1.COc1cc(Nc2nc(N)n(-c3ccccn3)n2)ccc1N1CCOCC1.Cc1ccc(Nc2nc(N)n(-c3cc(Nc4ccccc4)ncn3)n2)c(C)c1.Cc1ccc(Nc2nc(N)n(-c3cc(Nc4ccccc4)ncn3)n2)c(O)c1.Nc1nc(Nc2ccc(F)cc2F)nn1-c1cc(Nc2ccccc2)ncn1. The number of aryl methyl sites for hydroxylation is 4. The van der Waals surface area contributed by atoms with E-state index in [1.807, 2.05) is 202 Å². The highest BCUT2D eigenvalue weighted by molar-refractivity contribution is 5.70. The Morgan fingerprint density at radius 2 is 0.729 bits per heavy atom. The molecule has 11 heterocycles. The van der Waals surface area contributed by atoms with Crippen LogP contribution < -0.4 is 86.2 Å². The van der Waals surface area contributed by atoms with Crippen LogP contribution in [0.4, 0.5) is 148 Å². The predicted molar refractivity (Wildman–Crippen MR) is 536 cm³/mol. The van der Waals surface area contributed by atoms with Crippen LogP contribution in [-0.2, 0) is 11.2 Å². The van der Waals surface area contributed by atoms with Gasteiger partial charge in [-0.25, -0.2) is 53.6 Å². The maximum absolute atomic E-state index is 13.8. The smallest absolute Gasteiger partial charge is 0.249 e. The Labute approximate surface area is 799 Å². The molecule has 1 aliphatic heterocycles. The summed E-state index contributed by atoms with van der Waals surface area (Å²) >= 11 is 0. The van der Waals surface area contributed by atoms with E-state index in [-0.39, 0.29) is 53.1 Å². The van der Waals surface area contributed by atoms with Crippen LogP contribution >= 0.6 is 0 Å². The number of phenolic OH excluding ortho intramolecular Hbond substituents is 1. The minimum absolute atomic E-state index is 0.0210. The molecule has 140 heavy (non-hydrogen) atoms. The van der Waals surface area contributed by atoms with Crippen LogP contribution in [0.15, 0.2) is 292 Å². The number of pyridine rings is 1. The molecule has 0 unspecified atom stereocenters. The summed E-state index contributed by atoms with van der Waals surface area (Å²) < 4.78 is 44.9. The fourth-order valence-electron chi connectivity index (χ4n) is 13.8. The molecule has 0 amide bonds. The van der Waals surface area contributed by atoms with Crippen LogP contribution in [0, 0.1) is 32.4 Å². The summed E-state index contributed by atoms with van der Waals surface area (Å²) in [6, 6.07) is 79.7. The zero-order chi connectivity index (χ0) is 97.2. The van der Waals surface area contributed by atoms with Gasteiger partial charge in [-0.1, -0.05) is 128 Å². The standard InChI is InChI=1S/C21H22N8.C20H20N8.C19H18N8O.C18H14F2N8.C18H21N7O2/c1-2-6-15-9-11-17(12-10-15)26-21-27-20(22)29(28-21)19-13-18(23-14-24-19)25-16-7-4-3-5-8-16;1-13-8-9-16(14(2)10-13)25-20-26-19(21)28(27-20)18-11-17(22-12-23-18)24-15-6-4-3-5-7-15;1-12-7-8-14(15(28)9-12)24-19-25-18(20)27(26-19)17-10-16(21-11-22-17)23-13-5-3-2-4-6-13;19-11-6-7-14(13(20)8-11)25-18-26-17(21)28(27-18)16-9-15(22-10-23-16)24-12-4-2-1-3-5-12;1-26-15-12-13(5-6-14(15)24-8-10-27-11-9-24)21-18-22-17(19)25(23-18)16-4-2-3-7-20-16/h3-5,7-14H,2,6H2,1H3,(H,23,24,25)(H3,22,26,27,28);3-12H,1-2H3,(H,22,23,24)(H3,21,25,26,27);2-11,28H,1H3,(H,21,22,23)(H3,20,24,25,26);1-10H,(H,22,23,24)(H3,21,25,26,27);2-7,12H,8-11H2,1H3,(H3,19,21,22,23). The molecule has 42 nitrogen and oxygen atoms in total. The number of rotatable bonds is 27. The first-order chi connectivity index (χ1) is 68.2. The number of ether oxygens (including phenoxy) is 2. The number of hydrogen-bond acceptors (Lipinski definition) is 37. The van der Waals surface area contributed by atoms with Crippen molar-refractivity contribution < 1.29 is 23.4 Å². The Balaban J connectivity index is 0.000000126. The van der Waals surface area contributed by atoms with E-state index in [0.717, 1.165) is 114 Å². The van der Waals surface area contributed by atoms with Gasteiger partial charge in [-0.15, -0.1) is 25.5 Å². The number of phenols is 1. The Morgan fingerprint density at radius 3 is 1.13 bits per heavy atom. The van der Waals surface area contributed by atoms with Crippen molar-refractivity contribution in [1.29, 1.82) is 0 Å². The van der Waals surface area contributed by atoms with E-state index in [1.165, 1.54) is 65.9 Å². The molecule has 19 aromatic rings. The number of nitrogens with zero attached hydrogens (tertiary/aromatic N) is 25. The van der Waals surface area contributed by atoms with Crippen molar-refractivity contribution in [1.82, 2.24) is 119 Å². The van der Waals surface area contributed by atoms with Gasteiger partial charge in [0.15, 0.2) is 29.1 Å². The summed E-state index contributed by atoms with van der Waals surface area (Å²) in [5, 5.41) is 59.7. The van der Waals surface area contributed by atoms with Gasteiger partial charge in [0.2, 0.25) is 59.5 Å². The van der Waals surface area contributed by atoms with Gasteiger partial charge in [0, 0.05) is 95.5 Å². The largest absolute Gasteiger partial charge is 0.506 e. The van der Waals surface area contributed by atoms with Crippen LogP contribution in [0.1, 0.15) is 35.6 Å². The van der Waals surface area contributed by atoms with E-state index < -0.39 is 11.6 Å². The molecule has 0 atom stereocenters. The second kappa shape index (κ2) is 44.9. The van der Waals surface area contributed by atoms with Crippen molar-refractivity contribution in [3.8, 4) is 40.6 Å². The van der Waals surface area contributed by atoms with Crippen LogP contribution in [0.3, 0.4) is 0 Å². The zero-order valence-corrected chi connectivity index (χ0v) is 76.0. The number of hydrogen-bond donors (Lipinski definition) is 15. The summed E-state index contributed by atoms with van der Waals surface area (Å²) in [7, 11) is 1.66. The highest BCUT2D eigenvalue weighted by Crippen LogP contribution is 2.35. The molecule has 1 aliphatic rings. The normalized spacial score (nSPS) is 11.3. The second-order valence-electron chi connectivity index (χ2n) is 30.7. The quantitative estimate of drug-likeness (QED) is 0.0213. The average molecular weight is 1880 g/mol. The highest BCUT2D eigenvalue weighted by Gasteiger charge is 2.22. The summed E-state index contributed by atoms with van der Waals surface area (Å²) in [4.78, 5) is 61.3. The molecule has 0 bridgehead atoms. The van der Waals surface area contributed by atoms with Gasteiger partial charge in [-0.3, -0.25) is 0 Å². The summed E-state index contributed by atoms with van der Waals surface area (Å²) in [5.74, 6) is 6.69. The Hall–Kier alpha value is -19.4. The van der Waals surface area contributed by atoms with Gasteiger partial charge in [0.05, 0.1) is 37.4 Å². The lowest BCUT2D eigenvalue weighted by molar-refractivity contribution is 0.122. The number of morpholine rings is 1. The average Bonchev–Trinajstić information content (AvgIpc) is 1.53. The lowest BCUT2D eigenvalue weighted by Gasteiger charge is -2.30. The fourth-order valence-corrected chi connectivity index (χ4v) is 13.8. The molecule has 0 aliphatic carbocycles. The maximum Gasteiger partial charge on any atom is 0.249 e. The van der Waals surface area contributed by atoms with Crippen molar-refractivity contribution >= 4 is 140 Å². The van der Waals surface area contributed by atoms with Crippen molar-refractivity contribution in [2.24, 2.45) is 0 Å². The topological polar surface area (TPSA) is 550 Å². The molecule has 9 aromatic carbocycles. The summed E-state index contributed by atoms with van der Waals surface area (Å²) in [6.07, 6.45) is 9.55. The monoisotopic (exact) mass is 1880 g/mol. The molecule has 0 spiro atoms. The van der Waals surface area contributed by atoms with Crippen molar-refractivity contribution in [2.45, 2.75) is 40.5 Å². The first kappa shape index (κ1) is 93.8. The second-order valence-corrected chi connectivity index (χ2v) is 30.7. The fraction of sp³-hybridized carbons (Fsp3) is 0.115. The minimum atomic E-state index is -0.772. The summed E-state index contributed by atoms with van der Waals surface area (Å²) in [6.45, 7) is 11.3. The number of nitrogens with one attached hydrogen (secondary N) is 9. The molecular weight excluding hydrogens is 1790 g/mol. The highest BCUT2D eigenvalue weighted by atomic mass is 19.1. The van der Waals surface area contributed by atoms with E-state index in [2.05, 4.69) is 180 Å². The molecule has 20 N–H and O–H groups in total. The van der Waals surface area contributed by atoms with E-state index in [0.29, 0.717) is 75.9 Å². The molecule has 0 saturated carbocycles. The maximum atomic E-state index is 13.8. The first-order valence-corrected chi connectivity index (χ1v) is 43.6. The number of benzene rings is 9. The lowest BCUT2D eigenvalue weighted by atomic mass is 10.1. The van der Waals surface area contributed by atoms with Crippen LogP contribution in [-0.4, -0.2) is 157 Å². The van der Waals surface area contributed by atoms with Gasteiger partial charge in [0.25, 0.3) is 0 Å². The third kappa shape index (κ3) is 25.1. The van der Waals surface area contributed by atoms with E-state index in [1.54, 1.807) is 49.7 Å². The van der Waals surface area contributed by atoms with Gasteiger partial charge < -0.3 is 96.0 Å². The number of methoxy groups -OCH3 is 1. The predicted octanol–water partition coefficient (Wildman–Crippen LogP) is 16.2. The van der Waals surface area contributed by atoms with Crippen LogP contribution in [0.5, 0.6) is 11.5 Å². The molecule has 44 heteroatoms. The summed E-state index contributed by atoms with van der Waals surface area (Å²) in [5.41, 5.74) is 42.3. The van der Waals surface area contributed by atoms with Gasteiger partial charge in [-0.05, 0) is 159 Å². The molecule has 10 aromatic heterocycles. The third-order valence-electron chi connectivity index (χ3n) is 20.4. The number of nitrogens with two attached hydrogens (primary N) is 5. The van der Waals surface area contributed by atoms with Gasteiger partial charge in [-0.2, -0.15) is 48.3 Å². The number of halogens is 2. The zero-order valence-electron chi connectivity index (χ0n) is 76.0.